The molecule has 0 radical (unpaired) electrons. The molecule has 0 saturated heterocycles. The molecular formula is C49H47N3O. The average Bonchev–Trinajstić information content (AvgIpc) is 3.92. The van der Waals surface area contributed by atoms with E-state index in [0.717, 1.165) is 89.6 Å². The number of fused-ring (bicyclic) bond motifs is 4. The molecule has 0 aliphatic heterocycles. The number of nitrogens with zero attached hydrogens (tertiary/aromatic N) is 3. The van der Waals surface area contributed by atoms with Gasteiger partial charge in [0.15, 0.2) is 0 Å². The molecule has 0 N–H and O–H groups in total. The molecular weight excluding hydrogens is 647 g/mol. The second kappa shape index (κ2) is 12.9. The summed E-state index contributed by atoms with van der Waals surface area (Å²) in [6.45, 7) is 13.4. The smallest absolute Gasteiger partial charge is 0.149 e. The Morgan fingerprint density at radius 1 is 0.698 bits per heavy atom. The van der Waals surface area contributed by atoms with Crippen molar-refractivity contribution < 1.29 is 4.42 Å². The number of benzene rings is 5. The minimum absolute atomic E-state index is 0.0754. The lowest BCUT2D eigenvalue weighted by Crippen LogP contribution is -2.13. The number of pyridine rings is 1. The topological polar surface area (TPSA) is 43.9 Å². The fourth-order valence-electron chi connectivity index (χ4n) is 8.82. The zero-order valence-corrected chi connectivity index (χ0v) is 31.7. The van der Waals surface area contributed by atoms with Crippen molar-refractivity contribution in [3.63, 3.8) is 0 Å². The Morgan fingerprint density at radius 2 is 1.36 bits per heavy atom. The number of rotatable bonds is 6. The van der Waals surface area contributed by atoms with E-state index in [9.17, 15) is 0 Å². The van der Waals surface area contributed by atoms with Crippen molar-refractivity contribution in [2.45, 2.75) is 78.6 Å². The molecule has 1 unspecified atom stereocenters. The maximum Gasteiger partial charge on any atom is 0.149 e. The van der Waals surface area contributed by atoms with Crippen molar-refractivity contribution in [3.8, 4) is 39.3 Å². The van der Waals surface area contributed by atoms with Crippen LogP contribution >= 0.6 is 0 Å². The summed E-state index contributed by atoms with van der Waals surface area (Å²) in [5, 5.41) is 2.25. The van der Waals surface area contributed by atoms with Gasteiger partial charge in [0.25, 0.3) is 0 Å². The molecule has 3 aromatic heterocycles. The Kier molecular flexibility index (Phi) is 8.11. The first-order chi connectivity index (χ1) is 25.7. The first-order valence-corrected chi connectivity index (χ1v) is 19.3. The van der Waals surface area contributed by atoms with Gasteiger partial charge in [-0.2, -0.15) is 0 Å². The molecule has 9 rings (SSSR count). The number of imidazole rings is 1. The molecule has 1 aliphatic rings. The summed E-state index contributed by atoms with van der Waals surface area (Å²) in [5.41, 5.74) is 14.9. The van der Waals surface area contributed by atoms with Crippen LogP contribution in [0.1, 0.15) is 81.8 Å². The van der Waals surface area contributed by atoms with Gasteiger partial charge in [0.05, 0.1) is 28.0 Å². The van der Waals surface area contributed by atoms with Gasteiger partial charge in [-0.3, -0.25) is 9.55 Å². The van der Waals surface area contributed by atoms with Crippen molar-refractivity contribution in [1.82, 2.24) is 14.5 Å². The van der Waals surface area contributed by atoms with Crippen LogP contribution in [0.4, 0.5) is 0 Å². The van der Waals surface area contributed by atoms with Crippen molar-refractivity contribution in [1.29, 1.82) is 0 Å². The van der Waals surface area contributed by atoms with Crippen molar-refractivity contribution in [3.05, 3.63) is 138 Å². The Labute approximate surface area is 312 Å². The zero-order chi connectivity index (χ0) is 36.4. The third-order valence-electron chi connectivity index (χ3n) is 11.7. The van der Waals surface area contributed by atoms with Gasteiger partial charge < -0.3 is 4.42 Å². The molecule has 1 atom stereocenters. The Bertz CT molecular complexity index is 2570. The molecule has 264 valence electrons. The van der Waals surface area contributed by atoms with Gasteiger partial charge in [0, 0.05) is 27.6 Å². The van der Waals surface area contributed by atoms with E-state index in [1.165, 1.54) is 36.8 Å². The van der Waals surface area contributed by atoms with E-state index >= 15 is 0 Å². The van der Waals surface area contributed by atoms with Gasteiger partial charge in [-0.05, 0) is 96.5 Å². The lowest BCUT2D eigenvalue weighted by atomic mass is 9.82. The first kappa shape index (κ1) is 33.4. The van der Waals surface area contributed by atoms with Gasteiger partial charge >= 0.3 is 0 Å². The fraction of sp³-hybridized carbons (Fsp3) is 0.265. The van der Waals surface area contributed by atoms with E-state index in [1.54, 1.807) is 0 Å². The number of hydrogen-bond donors (Lipinski definition) is 0. The zero-order valence-electron chi connectivity index (χ0n) is 31.7. The summed E-state index contributed by atoms with van der Waals surface area (Å²) >= 11 is 0. The van der Waals surface area contributed by atoms with Crippen LogP contribution in [-0.2, 0) is 5.41 Å². The molecule has 4 heteroatoms. The molecule has 0 amide bonds. The largest absolute Gasteiger partial charge is 0.455 e. The van der Waals surface area contributed by atoms with Crippen LogP contribution in [-0.4, -0.2) is 14.5 Å². The highest BCUT2D eigenvalue weighted by Crippen LogP contribution is 2.46. The number of furan rings is 1. The van der Waals surface area contributed by atoms with E-state index in [-0.39, 0.29) is 5.41 Å². The summed E-state index contributed by atoms with van der Waals surface area (Å²) in [6.07, 6.45) is 5.33. The van der Waals surface area contributed by atoms with Gasteiger partial charge in [0.2, 0.25) is 0 Å². The molecule has 1 aliphatic carbocycles. The monoisotopic (exact) mass is 693 g/mol. The average molecular weight is 694 g/mol. The maximum atomic E-state index is 6.96. The SMILES string of the molecule is Cc1cc2nc(-c3cccc4c3oc3cc(C(C)C5CCCC5)ccc34)n(-c3c(-c4ccccc4)cc(C(C)(C)C)cc3-c3ccccc3)c2c(C)n1. The van der Waals surface area contributed by atoms with E-state index in [2.05, 4.69) is 161 Å². The predicted molar refractivity (Wildman–Crippen MR) is 221 cm³/mol. The standard InChI is InChI=1S/C49H47N3O/c1-30-26-43-45(32(3)50-30)52(46-41(34-18-9-7-10-19-34)28-37(49(4,5)6)29-42(46)35-20-11-8-12-21-35)48(51-43)40-23-15-22-39-38-25-24-36(27-44(38)53-47(39)40)31(2)33-16-13-14-17-33/h7-12,15,18-29,31,33H,13-14,16-17H2,1-6H3. The molecule has 1 fully saturated rings. The molecule has 3 heterocycles. The summed E-state index contributed by atoms with van der Waals surface area (Å²) in [4.78, 5) is 10.5. The van der Waals surface area contributed by atoms with Crippen molar-refractivity contribution >= 4 is 33.0 Å². The van der Waals surface area contributed by atoms with E-state index in [4.69, 9.17) is 14.4 Å². The molecule has 1 saturated carbocycles. The number of hydrogen-bond acceptors (Lipinski definition) is 3. The van der Waals surface area contributed by atoms with Gasteiger partial charge in [0.1, 0.15) is 17.0 Å². The minimum Gasteiger partial charge on any atom is -0.455 e. The third-order valence-corrected chi connectivity index (χ3v) is 11.7. The van der Waals surface area contributed by atoms with Crippen molar-refractivity contribution in [2.75, 3.05) is 0 Å². The molecule has 0 spiro atoms. The molecule has 4 nitrogen and oxygen atoms in total. The normalized spacial score (nSPS) is 14.5. The molecule has 53 heavy (non-hydrogen) atoms. The highest BCUT2D eigenvalue weighted by Gasteiger charge is 2.28. The first-order valence-electron chi connectivity index (χ1n) is 19.3. The quantitative estimate of drug-likeness (QED) is 0.174. The fourth-order valence-corrected chi connectivity index (χ4v) is 8.82. The Hall–Kier alpha value is -5.48. The lowest BCUT2D eigenvalue weighted by Gasteiger charge is -2.26. The van der Waals surface area contributed by atoms with E-state index in [0.29, 0.717) is 5.92 Å². The van der Waals surface area contributed by atoms with Crippen LogP contribution in [0.15, 0.2) is 120 Å². The van der Waals surface area contributed by atoms with E-state index < -0.39 is 0 Å². The molecule has 8 aromatic rings. The van der Waals surface area contributed by atoms with Crippen LogP contribution in [0.2, 0.25) is 0 Å². The lowest BCUT2D eigenvalue weighted by molar-refractivity contribution is 0.461. The summed E-state index contributed by atoms with van der Waals surface area (Å²) in [7, 11) is 0. The highest BCUT2D eigenvalue weighted by atomic mass is 16.3. The van der Waals surface area contributed by atoms with Gasteiger partial charge in [-0.25, -0.2) is 4.98 Å². The van der Waals surface area contributed by atoms with Crippen molar-refractivity contribution in [2.24, 2.45) is 5.92 Å². The third kappa shape index (κ3) is 5.76. The van der Waals surface area contributed by atoms with Crippen LogP contribution in [0.25, 0.3) is 72.3 Å². The second-order valence-electron chi connectivity index (χ2n) is 16.3. The van der Waals surface area contributed by atoms with Crippen LogP contribution in [0.5, 0.6) is 0 Å². The van der Waals surface area contributed by atoms with Gasteiger partial charge in [-0.15, -0.1) is 0 Å². The minimum atomic E-state index is -0.0754. The van der Waals surface area contributed by atoms with Gasteiger partial charge in [-0.1, -0.05) is 125 Å². The van der Waals surface area contributed by atoms with Crippen LogP contribution in [0, 0.1) is 19.8 Å². The Balaban J connectivity index is 1.38. The number of aryl methyl sites for hydroxylation is 2. The Morgan fingerprint density at radius 3 is 2.00 bits per heavy atom. The summed E-state index contributed by atoms with van der Waals surface area (Å²) in [6, 6.07) is 41.9. The number of aromatic nitrogens is 3. The highest BCUT2D eigenvalue weighted by molar-refractivity contribution is 6.10. The van der Waals surface area contributed by atoms with Crippen LogP contribution < -0.4 is 0 Å². The predicted octanol–water partition coefficient (Wildman–Crippen LogP) is 13.5. The van der Waals surface area contributed by atoms with Crippen LogP contribution in [0.3, 0.4) is 0 Å². The summed E-state index contributed by atoms with van der Waals surface area (Å²) < 4.78 is 9.34. The maximum absolute atomic E-state index is 6.96. The molecule has 0 bridgehead atoms. The van der Waals surface area contributed by atoms with E-state index in [1.807, 2.05) is 0 Å². The summed E-state index contributed by atoms with van der Waals surface area (Å²) in [5.74, 6) is 2.11. The molecule has 5 aromatic carbocycles. The number of para-hydroxylation sites is 1. The second-order valence-corrected chi connectivity index (χ2v) is 16.3.